The van der Waals surface area contributed by atoms with Gasteiger partial charge in [-0.3, -0.25) is 4.98 Å². The lowest BCUT2D eigenvalue weighted by molar-refractivity contribution is 0.260. The lowest BCUT2D eigenvalue weighted by Gasteiger charge is -2.13. The average molecular weight is 604 g/mol. The van der Waals surface area contributed by atoms with Gasteiger partial charge in [-0.15, -0.1) is 0 Å². The molecule has 0 saturated carbocycles. The smallest absolute Gasteiger partial charge is 0.196 e. The Hall–Kier alpha value is -6.44. The fraction of sp³-hybridized carbons (Fsp3) is 0.0233. The predicted molar refractivity (Wildman–Crippen MR) is 190 cm³/mol. The molecule has 1 aliphatic heterocycles. The second kappa shape index (κ2) is 12.2. The van der Waals surface area contributed by atoms with Crippen LogP contribution >= 0.6 is 0 Å². The highest BCUT2D eigenvalue weighted by Crippen LogP contribution is 2.47. The van der Waals surface area contributed by atoms with Gasteiger partial charge in [0.05, 0.1) is 17.3 Å². The maximum Gasteiger partial charge on any atom is 0.196 e. The zero-order chi connectivity index (χ0) is 31.6. The summed E-state index contributed by atoms with van der Waals surface area (Å²) in [6.45, 7) is 0. The molecule has 0 spiro atoms. The number of hydrogen-bond donors (Lipinski definition) is 1. The van der Waals surface area contributed by atoms with Crippen molar-refractivity contribution in [3.63, 3.8) is 0 Å². The number of ether oxygens (including phenoxy) is 1. The summed E-state index contributed by atoms with van der Waals surface area (Å²) in [7, 11) is 0. The number of rotatable bonds is 6. The van der Waals surface area contributed by atoms with E-state index in [1.807, 2.05) is 42.6 Å². The Bertz CT molecular complexity index is 2200. The van der Waals surface area contributed by atoms with Gasteiger partial charge in [0.2, 0.25) is 0 Å². The van der Waals surface area contributed by atoms with E-state index in [2.05, 4.69) is 132 Å². The third-order valence-corrected chi connectivity index (χ3v) is 8.70. The first kappa shape index (κ1) is 28.1. The van der Waals surface area contributed by atoms with E-state index in [9.17, 15) is 0 Å². The van der Waals surface area contributed by atoms with Crippen LogP contribution in [-0.2, 0) is 0 Å². The molecule has 1 atom stereocenters. The number of benzene rings is 6. The van der Waals surface area contributed by atoms with Gasteiger partial charge in [0.1, 0.15) is 5.75 Å². The van der Waals surface area contributed by atoms with Crippen LogP contribution in [0.1, 0.15) is 17.4 Å². The Kier molecular flexibility index (Phi) is 7.26. The highest BCUT2D eigenvalue weighted by atomic mass is 16.5. The zero-order valence-corrected chi connectivity index (χ0v) is 25.5. The molecule has 0 radical (unpaired) electrons. The first-order valence-electron chi connectivity index (χ1n) is 15.6. The molecule has 1 aromatic heterocycles. The van der Waals surface area contributed by atoms with Crippen LogP contribution in [0.5, 0.6) is 5.75 Å². The summed E-state index contributed by atoms with van der Waals surface area (Å²) in [6, 6.07) is 54.4. The van der Waals surface area contributed by atoms with Crippen molar-refractivity contribution in [2.75, 3.05) is 5.32 Å². The molecule has 4 heteroatoms. The molecule has 7 aromatic rings. The summed E-state index contributed by atoms with van der Waals surface area (Å²) in [5.74, 6) is 0.838. The third-order valence-electron chi connectivity index (χ3n) is 8.70. The van der Waals surface area contributed by atoms with Gasteiger partial charge in [0, 0.05) is 23.5 Å². The van der Waals surface area contributed by atoms with E-state index in [1.54, 1.807) is 6.20 Å². The van der Waals surface area contributed by atoms with Crippen LogP contribution in [-0.4, -0.2) is 4.98 Å². The van der Waals surface area contributed by atoms with Crippen molar-refractivity contribution < 1.29 is 4.74 Å². The van der Waals surface area contributed by atoms with E-state index < -0.39 is 0 Å². The second-order valence-corrected chi connectivity index (χ2v) is 11.6. The summed E-state index contributed by atoms with van der Waals surface area (Å²) in [4.78, 5) is 4.27. The number of aromatic nitrogens is 1. The SMILES string of the molecule is N#Cc1ccc(-c2ccc(-c3ccc(C4Nc5c(cc(-c6ccc(-c7cccnc7)cc6)cc5-c5ccccc5)O4)cc3)cc2)cc1. The quantitative estimate of drug-likeness (QED) is 0.205. The van der Waals surface area contributed by atoms with Gasteiger partial charge in [-0.05, 0) is 80.4 Å². The van der Waals surface area contributed by atoms with Crippen molar-refractivity contribution in [3.8, 4) is 67.5 Å². The molecule has 0 bridgehead atoms. The largest absolute Gasteiger partial charge is 0.464 e. The lowest BCUT2D eigenvalue weighted by Crippen LogP contribution is -2.10. The monoisotopic (exact) mass is 603 g/mol. The van der Waals surface area contributed by atoms with E-state index in [0.717, 1.165) is 72.6 Å². The molecule has 1 unspecified atom stereocenters. The standard InChI is InChI=1S/C43H29N3O/c44-27-29-8-10-30(11-9-29)31-12-14-32(15-13-31)33-20-22-37(23-21-33)43-46-42-40(36-5-2-1-3-6-36)25-39(26-41(42)47-43)35-18-16-34(17-19-35)38-7-4-24-45-28-38/h1-26,28,43,46H. The second-order valence-electron chi connectivity index (χ2n) is 11.6. The van der Waals surface area contributed by atoms with Gasteiger partial charge < -0.3 is 10.1 Å². The Balaban J connectivity index is 1.06. The molecule has 2 heterocycles. The summed E-state index contributed by atoms with van der Waals surface area (Å²) < 4.78 is 6.60. The van der Waals surface area contributed by atoms with Crippen LogP contribution in [0.4, 0.5) is 5.69 Å². The Labute approximate surface area is 274 Å². The summed E-state index contributed by atoms with van der Waals surface area (Å²) in [5, 5.41) is 12.8. The fourth-order valence-corrected chi connectivity index (χ4v) is 6.14. The minimum absolute atomic E-state index is 0.302. The van der Waals surface area contributed by atoms with Crippen LogP contribution in [0, 0.1) is 11.3 Å². The molecule has 0 amide bonds. The van der Waals surface area contributed by atoms with Gasteiger partial charge in [-0.2, -0.15) is 5.26 Å². The van der Waals surface area contributed by atoms with E-state index in [0.29, 0.717) is 5.56 Å². The average Bonchev–Trinajstić information content (AvgIpc) is 3.60. The summed E-state index contributed by atoms with van der Waals surface area (Å²) >= 11 is 0. The highest BCUT2D eigenvalue weighted by Gasteiger charge is 2.27. The third kappa shape index (κ3) is 5.63. The molecule has 0 aliphatic carbocycles. The Morgan fingerprint density at radius 3 is 1.64 bits per heavy atom. The first-order valence-corrected chi connectivity index (χ1v) is 15.6. The van der Waals surface area contributed by atoms with Gasteiger partial charge in [-0.25, -0.2) is 0 Å². The normalized spacial score (nSPS) is 13.2. The van der Waals surface area contributed by atoms with Crippen LogP contribution in [0.15, 0.2) is 164 Å². The van der Waals surface area contributed by atoms with Gasteiger partial charge in [0.25, 0.3) is 0 Å². The van der Waals surface area contributed by atoms with E-state index in [1.165, 1.54) is 0 Å². The molecule has 6 aromatic carbocycles. The van der Waals surface area contributed by atoms with E-state index in [4.69, 9.17) is 10.00 Å². The molecular weight excluding hydrogens is 574 g/mol. The van der Waals surface area contributed by atoms with Gasteiger partial charge in [-0.1, -0.05) is 121 Å². The fourth-order valence-electron chi connectivity index (χ4n) is 6.14. The zero-order valence-electron chi connectivity index (χ0n) is 25.5. The molecule has 4 nitrogen and oxygen atoms in total. The topological polar surface area (TPSA) is 57.9 Å². The molecule has 8 rings (SSSR count). The number of fused-ring (bicyclic) bond motifs is 1. The minimum atomic E-state index is -0.302. The number of hydrogen-bond acceptors (Lipinski definition) is 4. The molecule has 47 heavy (non-hydrogen) atoms. The van der Waals surface area contributed by atoms with Gasteiger partial charge in [0.15, 0.2) is 6.23 Å². The molecule has 0 fully saturated rings. The Morgan fingerprint density at radius 2 is 1.06 bits per heavy atom. The van der Waals surface area contributed by atoms with Crippen LogP contribution in [0.25, 0.3) is 55.6 Å². The summed E-state index contributed by atoms with van der Waals surface area (Å²) in [5.41, 5.74) is 13.9. The number of nitriles is 1. The first-order chi connectivity index (χ1) is 23.2. The minimum Gasteiger partial charge on any atom is -0.464 e. The van der Waals surface area contributed by atoms with Crippen LogP contribution in [0.2, 0.25) is 0 Å². The van der Waals surface area contributed by atoms with Crippen molar-refractivity contribution >= 4 is 5.69 Å². The van der Waals surface area contributed by atoms with Crippen molar-refractivity contribution in [2.45, 2.75) is 6.23 Å². The predicted octanol–water partition coefficient (Wildman–Crippen LogP) is 10.8. The summed E-state index contributed by atoms with van der Waals surface area (Å²) in [6.07, 6.45) is 3.38. The van der Waals surface area contributed by atoms with Crippen molar-refractivity contribution in [2.24, 2.45) is 0 Å². The molecular formula is C43H29N3O. The maximum atomic E-state index is 9.08. The molecule has 1 aliphatic rings. The van der Waals surface area contributed by atoms with Gasteiger partial charge >= 0.3 is 0 Å². The lowest BCUT2D eigenvalue weighted by atomic mass is 9.95. The van der Waals surface area contributed by atoms with Crippen LogP contribution in [0.3, 0.4) is 0 Å². The van der Waals surface area contributed by atoms with Crippen LogP contribution < -0.4 is 10.1 Å². The number of anilines is 1. The molecule has 0 saturated heterocycles. The Morgan fingerprint density at radius 1 is 0.532 bits per heavy atom. The van der Waals surface area contributed by atoms with Crippen molar-refractivity contribution in [1.29, 1.82) is 5.26 Å². The number of nitrogens with one attached hydrogen (secondary N) is 1. The van der Waals surface area contributed by atoms with E-state index in [-0.39, 0.29) is 6.23 Å². The van der Waals surface area contributed by atoms with Crippen molar-refractivity contribution in [3.05, 3.63) is 175 Å². The van der Waals surface area contributed by atoms with Crippen molar-refractivity contribution in [1.82, 2.24) is 4.98 Å². The maximum absolute atomic E-state index is 9.08. The number of nitrogens with zero attached hydrogens (tertiary/aromatic N) is 2. The molecule has 222 valence electrons. The van der Waals surface area contributed by atoms with E-state index >= 15 is 0 Å². The highest BCUT2D eigenvalue weighted by molar-refractivity contribution is 5.89. The number of pyridine rings is 1. The molecule has 1 N–H and O–H groups in total.